The molecule has 24 heavy (non-hydrogen) atoms. The first-order valence-corrected chi connectivity index (χ1v) is 9.48. The van der Waals surface area contributed by atoms with Gasteiger partial charge in [0.25, 0.3) is 5.56 Å². The lowest BCUT2D eigenvalue weighted by atomic mass is 9.89. The van der Waals surface area contributed by atoms with Crippen molar-refractivity contribution in [3.05, 3.63) is 61.5 Å². The smallest absolute Gasteiger partial charge is 0.262 e. The van der Waals surface area contributed by atoms with Gasteiger partial charge in [-0.3, -0.25) is 9.36 Å². The Labute approximate surface area is 149 Å². The third kappa shape index (κ3) is 2.68. The summed E-state index contributed by atoms with van der Waals surface area (Å²) < 4.78 is 1.78. The normalized spacial score (nSPS) is 17.2. The lowest BCUT2D eigenvalue weighted by molar-refractivity contribution is 0.509. The SMILES string of the molecule is Cc1nc2sc3c(c2c(=O)n1Cc1cccc(Cl)c1)CCC(C)C3. The van der Waals surface area contributed by atoms with E-state index < -0.39 is 0 Å². The van der Waals surface area contributed by atoms with Gasteiger partial charge in [-0.25, -0.2) is 4.98 Å². The summed E-state index contributed by atoms with van der Waals surface area (Å²) in [5.41, 5.74) is 2.35. The van der Waals surface area contributed by atoms with Crippen LogP contribution in [0.1, 0.15) is 35.2 Å². The maximum absolute atomic E-state index is 13.1. The Morgan fingerprint density at radius 1 is 1.42 bits per heavy atom. The number of hydrogen-bond acceptors (Lipinski definition) is 3. The van der Waals surface area contributed by atoms with E-state index in [4.69, 9.17) is 16.6 Å². The second-order valence-electron chi connectivity index (χ2n) is 6.71. The van der Waals surface area contributed by atoms with Gasteiger partial charge in [0.2, 0.25) is 0 Å². The maximum Gasteiger partial charge on any atom is 0.262 e. The van der Waals surface area contributed by atoms with Crippen LogP contribution in [-0.4, -0.2) is 9.55 Å². The van der Waals surface area contributed by atoms with Gasteiger partial charge in [-0.1, -0.05) is 30.7 Å². The minimum absolute atomic E-state index is 0.0875. The van der Waals surface area contributed by atoms with Gasteiger partial charge >= 0.3 is 0 Å². The van der Waals surface area contributed by atoms with E-state index >= 15 is 0 Å². The number of thiophene rings is 1. The van der Waals surface area contributed by atoms with Gasteiger partial charge in [0.05, 0.1) is 11.9 Å². The summed E-state index contributed by atoms with van der Waals surface area (Å²) >= 11 is 7.78. The average Bonchev–Trinajstić information content (AvgIpc) is 2.88. The van der Waals surface area contributed by atoms with Crippen LogP contribution in [0.4, 0.5) is 0 Å². The fourth-order valence-electron chi connectivity index (χ4n) is 3.53. The monoisotopic (exact) mass is 358 g/mol. The molecule has 2 aromatic heterocycles. The van der Waals surface area contributed by atoms with Crippen LogP contribution in [0.5, 0.6) is 0 Å². The molecule has 0 bridgehead atoms. The molecule has 1 atom stereocenters. The average molecular weight is 359 g/mol. The van der Waals surface area contributed by atoms with E-state index in [-0.39, 0.29) is 5.56 Å². The first-order valence-electron chi connectivity index (χ1n) is 8.29. The van der Waals surface area contributed by atoms with Crippen molar-refractivity contribution in [2.75, 3.05) is 0 Å². The van der Waals surface area contributed by atoms with E-state index in [1.54, 1.807) is 15.9 Å². The Balaban J connectivity index is 1.86. The fourth-order valence-corrected chi connectivity index (χ4v) is 5.16. The summed E-state index contributed by atoms with van der Waals surface area (Å²) in [7, 11) is 0. The van der Waals surface area contributed by atoms with Gasteiger partial charge < -0.3 is 0 Å². The third-order valence-corrected chi connectivity index (χ3v) is 6.22. The highest BCUT2D eigenvalue weighted by Crippen LogP contribution is 2.35. The number of halogens is 1. The Hall–Kier alpha value is -1.65. The largest absolute Gasteiger partial charge is 0.292 e. The molecule has 0 radical (unpaired) electrons. The zero-order valence-electron chi connectivity index (χ0n) is 13.8. The Bertz CT molecular complexity index is 989. The Morgan fingerprint density at radius 2 is 2.25 bits per heavy atom. The number of benzene rings is 1. The molecular formula is C19H19ClN2OS. The molecule has 1 unspecified atom stereocenters. The van der Waals surface area contributed by atoms with E-state index in [9.17, 15) is 4.79 Å². The van der Waals surface area contributed by atoms with Crippen LogP contribution in [0.15, 0.2) is 29.1 Å². The highest BCUT2D eigenvalue weighted by atomic mass is 35.5. The van der Waals surface area contributed by atoms with Crippen LogP contribution in [-0.2, 0) is 19.4 Å². The van der Waals surface area contributed by atoms with Gasteiger partial charge in [0.15, 0.2) is 0 Å². The molecule has 1 aliphatic rings. The highest BCUT2D eigenvalue weighted by Gasteiger charge is 2.23. The van der Waals surface area contributed by atoms with Crippen LogP contribution in [0.25, 0.3) is 10.2 Å². The van der Waals surface area contributed by atoms with Crippen LogP contribution < -0.4 is 5.56 Å². The molecule has 0 saturated heterocycles. The minimum atomic E-state index is 0.0875. The van der Waals surface area contributed by atoms with Gasteiger partial charge in [-0.15, -0.1) is 11.3 Å². The number of fused-ring (bicyclic) bond motifs is 3. The van der Waals surface area contributed by atoms with Crippen LogP contribution in [0.3, 0.4) is 0 Å². The van der Waals surface area contributed by atoms with Crippen molar-refractivity contribution in [3.8, 4) is 0 Å². The summed E-state index contributed by atoms with van der Waals surface area (Å²) in [5.74, 6) is 1.46. The molecule has 3 nitrogen and oxygen atoms in total. The lowest BCUT2D eigenvalue weighted by Crippen LogP contribution is -2.25. The highest BCUT2D eigenvalue weighted by molar-refractivity contribution is 7.18. The van der Waals surface area contributed by atoms with Crippen molar-refractivity contribution in [3.63, 3.8) is 0 Å². The van der Waals surface area contributed by atoms with Gasteiger partial charge in [0.1, 0.15) is 10.7 Å². The molecular weight excluding hydrogens is 340 g/mol. The number of aromatic nitrogens is 2. The number of rotatable bonds is 2. The summed E-state index contributed by atoms with van der Waals surface area (Å²) in [4.78, 5) is 20.1. The number of aryl methyl sites for hydroxylation is 2. The first-order chi connectivity index (χ1) is 11.5. The lowest BCUT2D eigenvalue weighted by Gasteiger charge is -2.17. The molecule has 0 amide bonds. The van der Waals surface area contributed by atoms with Crippen molar-refractivity contribution in [2.24, 2.45) is 5.92 Å². The number of nitrogens with zero attached hydrogens (tertiary/aromatic N) is 2. The molecule has 0 fully saturated rings. The predicted molar refractivity (Wildman–Crippen MR) is 100 cm³/mol. The molecule has 1 aliphatic carbocycles. The van der Waals surface area contributed by atoms with Crippen molar-refractivity contribution < 1.29 is 0 Å². The van der Waals surface area contributed by atoms with E-state index in [2.05, 4.69) is 6.92 Å². The summed E-state index contributed by atoms with van der Waals surface area (Å²) in [6.45, 7) is 4.70. The van der Waals surface area contributed by atoms with E-state index in [1.165, 1.54) is 10.4 Å². The van der Waals surface area contributed by atoms with Crippen molar-refractivity contribution in [2.45, 2.75) is 39.7 Å². The first kappa shape index (κ1) is 15.9. The Morgan fingerprint density at radius 3 is 3.04 bits per heavy atom. The maximum atomic E-state index is 13.1. The summed E-state index contributed by atoms with van der Waals surface area (Å²) in [6, 6.07) is 7.66. The molecule has 0 aliphatic heterocycles. The molecule has 0 saturated carbocycles. The Kier molecular flexibility index (Phi) is 3.97. The van der Waals surface area contributed by atoms with E-state index in [1.807, 2.05) is 31.2 Å². The van der Waals surface area contributed by atoms with E-state index in [0.29, 0.717) is 17.5 Å². The summed E-state index contributed by atoms with van der Waals surface area (Å²) in [5, 5.41) is 1.53. The molecule has 0 N–H and O–H groups in total. The molecule has 5 heteroatoms. The van der Waals surface area contributed by atoms with Gasteiger partial charge in [-0.2, -0.15) is 0 Å². The van der Waals surface area contributed by atoms with Crippen LogP contribution >= 0.6 is 22.9 Å². The second-order valence-corrected chi connectivity index (χ2v) is 8.23. The standard InChI is InChI=1S/C19H19ClN2OS/c1-11-6-7-15-16(8-11)24-18-17(15)19(23)22(12(2)21-18)10-13-4-3-5-14(20)9-13/h3-5,9,11H,6-8,10H2,1-2H3. The zero-order chi connectivity index (χ0) is 16.8. The fraction of sp³-hybridized carbons (Fsp3) is 0.368. The van der Waals surface area contributed by atoms with Crippen LogP contribution in [0.2, 0.25) is 5.02 Å². The van der Waals surface area contributed by atoms with E-state index in [0.717, 1.165) is 40.9 Å². The molecule has 4 rings (SSSR count). The molecule has 3 aromatic rings. The minimum Gasteiger partial charge on any atom is -0.292 e. The second kappa shape index (κ2) is 6.01. The van der Waals surface area contributed by atoms with Crippen LogP contribution in [0, 0.1) is 12.8 Å². The number of hydrogen-bond donors (Lipinski definition) is 0. The zero-order valence-corrected chi connectivity index (χ0v) is 15.4. The molecule has 124 valence electrons. The topological polar surface area (TPSA) is 34.9 Å². The molecule has 2 heterocycles. The summed E-state index contributed by atoms with van der Waals surface area (Å²) in [6.07, 6.45) is 3.22. The van der Waals surface area contributed by atoms with Gasteiger partial charge in [-0.05, 0) is 55.4 Å². The van der Waals surface area contributed by atoms with Crippen molar-refractivity contribution in [1.82, 2.24) is 9.55 Å². The quantitative estimate of drug-likeness (QED) is 0.671. The third-order valence-electron chi connectivity index (χ3n) is 4.84. The predicted octanol–water partition coefficient (Wildman–Crippen LogP) is 4.59. The van der Waals surface area contributed by atoms with Crippen molar-refractivity contribution >= 4 is 33.2 Å². The van der Waals surface area contributed by atoms with Gasteiger partial charge in [0, 0.05) is 9.90 Å². The molecule has 0 spiro atoms. The molecule has 1 aromatic carbocycles. The van der Waals surface area contributed by atoms with Crippen molar-refractivity contribution in [1.29, 1.82) is 0 Å².